The van der Waals surface area contributed by atoms with Gasteiger partial charge < -0.3 is 60.6 Å². The molecule has 0 aliphatic rings. The van der Waals surface area contributed by atoms with E-state index in [-0.39, 0.29) is 63.5 Å². The van der Waals surface area contributed by atoms with Crippen molar-refractivity contribution in [2.45, 2.75) is 62.7 Å². The number of carboxylic acids is 1. The highest BCUT2D eigenvalue weighted by atomic mass is 16.4. The minimum Gasteiger partial charge on any atom is -0.480 e. The lowest BCUT2D eigenvalue weighted by molar-refractivity contribution is -0.142. The lowest BCUT2D eigenvalue weighted by atomic mass is 10.1. The van der Waals surface area contributed by atoms with Gasteiger partial charge in [-0.15, -0.1) is 0 Å². The zero-order valence-corrected chi connectivity index (χ0v) is 21.0. The zero-order valence-electron chi connectivity index (χ0n) is 21.0. The molecule has 4 unspecified atom stereocenters. The number of aliphatic carboxylic acids is 1. The number of nitrogens with two attached hydrogens (primary N) is 6. The van der Waals surface area contributed by atoms with E-state index >= 15 is 0 Å². The molecule has 18 heteroatoms. The minimum absolute atomic E-state index is 0.00889. The van der Waals surface area contributed by atoms with Crippen LogP contribution in [-0.4, -0.2) is 95.6 Å². The van der Waals surface area contributed by atoms with Crippen molar-refractivity contribution in [2.75, 3.05) is 19.7 Å². The number of amides is 4. The second kappa shape index (κ2) is 18.1. The summed E-state index contributed by atoms with van der Waals surface area (Å²) in [5.74, 6) is -4.94. The van der Waals surface area contributed by atoms with Gasteiger partial charge in [0.2, 0.25) is 23.6 Å². The molecule has 0 saturated carbocycles. The monoisotopic (exact) mass is 545 g/mol. The third-order valence-electron chi connectivity index (χ3n) is 4.99. The first kappa shape index (κ1) is 33.8. The molecule has 0 aliphatic heterocycles. The van der Waals surface area contributed by atoms with E-state index in [4.69, 9.17) is 34.4 Å². The van der Waals surface area contributed by atoms with Crippen LogP contribution in [0.15, 0.2) is 9.98 Å². The first-order chi connectivity index (χ1) is 17.8. The average Bonchev–Trinajstić information content (AvgIpc) is 2.83. The third-order valence-corrected chi connectivity index (χ3v) is 4.99. The zero-order chi connectivity index (χ0) is 29.3. The number of guanidine groups is 2. The third kappa shape index (κ3) is 15.0. The van der Waals surface area contributed by atoms with Gasteiger partial charge in [0, 0.05) is 19.5 Å². The molecule has 0 aromatic rings. The summed E-state index contributed by atoms with van der Waals surface area (Å²) < 4.78 is 0. The smallest absolute Gasteiger partial charge is 0.326 e. The van der Waals surface area contributed by atoms with E-state index in [9.17, 15) is 34.2 Å². The highest BCUT2D eigenvalue weighted by molar-refractivity contribution is 5.94. The van der Waals surface area contributed by atoms with Gasteiger partial charge in [-0.2, -0.15) is 0 Å². The van der Waals surface area contributed by atoms with Crippen LogP contribution in [0.1, 0.15) is 38.5 Å². The number of aliphatic hydroxyl groups excluding tert-OH is 1. The molecule has 0 heterocycles. The lowest BCUT2D eigenvalue weighted by Gasteiger charge is -2.24. The molecule has 17 N–H and O–H groups in total. The highest BCUT2D eigenvalue weighted by Gasteiger charge is 2.30. The van der Waals surface area contributed by atoms with Gasteiger partial charge in [-0.25, -0.2) is 4.79 Å². The summed E-state index contributed by atoms with van der Waals surface area (Å²) in [6.07, 6.45) is 0.178. The Morgan fingerprint density at radius 3 is 1.58 bits per heavy atom. The number of nitrogens with zero attached hydrogens (tertiary/aromatic N) is 2. The summed E-state index contributed by atoms with van der Waals surface area (Å²) in [5.41, 5.74) is 31.7. The van der Waals surface area contributed by atoms with Gasteiger partial charge in [0.05, 0.1) is 12.6 Å². The molecule has 18 nitrogen and oxygen atoms in total. The fourth-order valence-electron chi connectivity index (χ4n) is 2.98. The number of primary amides is 1. The van der Waals surface area contributed by atoms with Crippen LogP contribution in [0.2, 0.25) is 0 Å². The predicted molar refractivity (Wildman–Crippen MR) is 137 cm³/mol. The van der Waals surface area contributed by atoms with Crippen LogP contribution in [-0.2, 0) is 24.0 Å². The maximum atomic E-state index is 12.9. The van der Waals surface area contributed by atoms with Crippen molar-refractivity contribution >= 4 is 41.5 Å². The van der Waals surface area contributed by atoms with Crippen molar-refractivity contribution in [1.82, 2.24) is 16.0 Å². The van der Waals surface area contributed by atoms with Gasteiger partial charge in [0.1, 0.15) is 18.1 Å². The van der Waals surface area contributed by atoms with Crippen molar-refractivity contribution in [2.24, 2.45) is 44.4 Å². The number of rotatable bonds is 19. The van der Waals surface area contributed by atoms with Crippen molar-refractivity contribution in [1.29, 1.82) is 0 Å². The summed E-state index contributed by atoms with van der Waals surface area (Å²) in [7, 11) is 0. The van der Waals surface area contributed by atoms with Crippen molar-refractivity contribution in [3.05, 3.63) is 0 Å². The second-order valence-corrected chi connectivity index (χ2v) is 8.21. The van der Waals surface area contributed by atoms with Crippen molar-refractivity contribution in [3.63, 3.8) is 0 Å². The summed E-state index contributed by atoms with van der Waals surface area (Å²) in [4.78, 5) is 67.9. The molecule has 0 rings (SSSR count). The molecule has 216 valence electrons. The van der Waals surface area contributed by atoms with Gasteiger partial charge in [-0.3, -0.25) is 29.2 Å². The van der Waals surface area contributed by atoms with Crippen LogP contribution in [0.5, 0.6) is 0 Å². The number of hydrogen-bond donors (Lipinski definition) is 11. The fraction of sp³-hybridized carbons (Fsp3) is 0.650. The van der Waals surface area contributed by atoms with Crippen LogP contribution in [0, 0.1) is 0 Å². The predicted octanol–water partition coefficient (Wildman–Crippen LogP) is -5.78. The Balaban J connectivity index is 5.41. The molecule has 0 fully saturated rings. The molecular weight excluding hydrogens is 506 g/mol. The number of hydrogen-bond acceptors (Lipinski definition) is 9. The Morgan fingerprint density at radius 1 is 0.684 bits per heavy atom. The van der Waals surface area contributed by atoms with Gasteiger partial charge in [0.15, 0.2) is 11.9 Å². The highest BCUT2D eigenvalue weighted by Crippen LogP contribution is 2.04. The van der Waals surface area contributed by atoms with Crippen LogP contribution in [0.3, 0.4) is 0 Å². The standard InChI is InChI=1S/C20H39N11O7/c21-10(5-6-14(22)33)15(34)31-13(9-32)17(36)29-11(3-1-7-27-19(23)24)16(35)30-12(18(37)38)4-2-8-28-20(25)26/h10-13,32H,1-9,21H2,(H2,22,33)(H,29,36)(H,30,35)(H,31,34)(H,37,38)(H4,23,24,27)(H4,25,26,28). The van der Waals surface area contributed by atoms with Crippen molar-refractivity contribution < 1.29 is 34.2 Å². The Morgan fingerprint density at radius 2 is 1.13 bits per heavy atom. The summed E-state index contributed by atoms with van der Waals surface area (Å²) >= 11 is 0. The molecule has 0 aliphatic carbocycles. The number of aliphatic imine (C=N–C) groups is 2. The van der Waals surface area contributed by atoms with Gasteiger partial charge in [-0.1, -0.05) is 0 Å². The van der Waals surface area contributed by atoms with Crippen LogP contribution >= 0.6 is 0 Å². The normalized spacial score (nSPS) is 13.6. The molecule has 4 atom stereocenters. The molecular formula is C20H39N11O7. The molecule has 0 bridgehead atoms. The van der Waals surface area contributed by atoms with E-state index in [1.54, 1.807) is 0 Å². The Labute approximate surface area is 219 Å². The molecule has 0 radical (unpaired) electrons. The topological polar surface area (TPSA) is 343 Å². The van der Waals surface area contributed by atoms with Crippen LogP contribution in [0.4, 0.5) is 0 Å². The number of aliphatic hydroxyl groups is 1. The lowest BCUT2D eigenvalue weighted by Crippen LogP contribution is -2.58. The Bertz CT molecular complexity index is 873. The minimum atomic E-state index is -1.50. The molecule has 4 amide bonds. The molecule has 38 heavy (non-hydrogen) atoms. The molecule has 0 saturated heterocycles. The Kier molecular flexibility index (Phi) is 16.1. The number of nitrogens with one attached hydrogen (secondary N) is 3. The van der Waals surface area contributed by atoms with Gasteiger partial charge in [0.25, 0.3) is 0 Å². The number of carbonyl (C=O) groups excluding carboxylic acids is 4. The van der Waals surface area contributed by atoms with E-state index in [1.165, 1.54) is 0 Å². The average molecular weight is 546 g/mol. The first-order valence-electron chi connectivity index (χ1n) is 11.7. The summed E-state index contributed by atoms with van der Waals surface area (Å²) in [5, 5.41) is 26.0. The fourth-order valence-corrected chi connectivity index (χ4v) is 2.98. The van der Waals surface area contributed by atoms with Gasteiger partial charge in [-0.05, 0) is 32.1 Å². The molecule has 0 aromatic heterocycles. The number of carbonyl (C=O) groups is 5. The summed E-state index contributed by atoms with van der Waals surface area (Å²) in [6.45, 7) is -0.594. The van der Waals surface area contributed by atoms with E-state index in [0.29, 0.717) is 0 Å². The first-order valence-corrected chi connectivity index (χ1v) is 11.7. The maximum absolute atomic E-state index is 12.9. The number of carboxylic acid groups (broad SMARTS) is 1. The largest absolute Gasteiger partial charge is 0.480 e. The quantitative estimate of drug-likeness (QED) is 0.0410. The van der Waals surface area contributed by atoms with E-state index in [0.717, 1.165) is 0 Å². The van der Waals surface area contributed by atoms with E-state index in [1.807, 2.05) is 0 Å². The van der Waals surface area contributed by atoms with Crippen LogP contribution in [0.25, 0.3) is 0 Å². The van der Waals surface area contributed by atoms with E-state index in [2.05, 4.69) is 25.9 Å². The van der Waals surface area contributed by atoms with Gasteiger partial charge >= 0.3 is 5.97 Å². The van der Waals surface area contributed by atoms with E-state index < -0.39 is 60.4 Å². The Hall–Kier alpha value is -4.19. The summed E-state index contributed by atoms with van der Waals surface area (Å²) in [6, 6.07) is -5.26. The maximum Gasteiger partial charge on any atom is 0.326 e. The van der Waals surface area contributed by atoms with Crippen molar-refractivity contribution in [3.8, 4) is 0 Å². The molecule has 0 spiro atoms. The SMILES string of the molecule is NC(=O)CCC(N)C(=O)NC(CO)C(=O)NC(CCCN=C(N)N)C(=O)NC(CCCN=C(N)N)C(=O)O. The van der Waals surface area contributed by atoms with Crippen LogP contribution < -0.4 is 50.4 Å². The second-order valence-electron chi connectivity index (χ2n) is 8.21. The molecule has 0 aromatic carbocycles.